The van der Waals surface area contributed by atoms with Gasteiger partial charge in [-0.1, -0.05) is 12.1 Å². The van der Waals surface area contributed by atoms with Crippen LogP contribution in [0.5, 0.6) is 0 Å². The van der Waals surface area contributed by atoms with Gasteiger partial charge < -0.3 is 15.0 Å². The maximum Gasteiger partial charge on any atom is 0.329 e. The summed E-state index contributed by atoms with van der Waals surface area (Å²) in [4.78, 5) is 26.4. The van der Waals surface area contributed by atoms with Gasteiger partial charge in [0.2, 0.25) is 0 Å². The van der Waals surface area contributed by atoms with Gasteiger partial charge in [0.25, 0.3) is 15.9 Å². The molecule has 0 aromatic heterocycles. The first-order valence-electron chi connectivity index (χ1n) is 9.04. The lowest BCUT2D eigenvalue weighted by molar-refractivity contribution is -0.159. The molecule has 0 radical (unpaired) electrons. The molecule has 0 bridgehead atoms. The predicted molar refractivity (Wildman–Crippen MR) is 98.7 cm³/mol. The van der Waals surface area contributed by atoms with Gasteiger partial charge in [-0.05, 0) is 45.2 Å². The van der Waals surface area contributed by atoms with Crippen LogP contribution in [0, 0.1) is 0 Å². The lowest BCUT2D eigenvalue weighted by Gasteiger charge is -2.35. The molecule has 1 saturated heterocycles. The summed E-state index contributed by atoms with van der Waals surface area (Å²) in [5.41, 5.74) is 0.494. The van der Waals surface area contributed by atoms with Gasteiger partial charge in [0.05, 0.1) is 0 Å². The fourth-order valence-electron chi connectivity index (χ4n) is 3.35. The van der Waals surface area contributed by atoms with E-state index in [1.54, 1.807) is 30.0 Å². The Hall–Kier alpha value is -2.42. The lowest BCUT2D eigenvalue weighted by Crippen LogP contribution is -2.50. The summed E-state index contributed by atoms with van der Waals surface area (Å²) in [5, 5.41) is 2.61. The van der Waals surface area contributed by atoms with E-state index in [9.17, 15) is 18.0 Å². The van der Waals surface area contributed by atoms with Crippen LogP contribution in [0.4, 0.5) is 0 Å². The first kappa shape index (κ1) is 19.3. The van der Waals surface area contributed by atoms with Crippen molar-refractivity contribution in [3.05, 3.63) is 29.8 Å². The minimum absolute atomic E-state index is 0.147. The van der Waals surface area contributed by atoms with Gasteiger partial charge in [0, 0.05) is 18.7 Å². The second-order valence-corrected chi connectivity index (χ2v) is 8.14. The Morgan fingerprint density at radius 2 is 2.07 bits per heavy atom. The molecule has 0 saturated carbocycles. The molecule has 2 heterocycles. The van der Waals surface area contributed by atoms with E-state index in [2.05, 4.69) is 9.71 Å². The predicted octanol–water partition coefficient (Wildman–Crippen LogP) is 1.06. The average molecular weight is 393 g/mol. The molecule has 27 heavy (non-hydrogen) atoms. The standard InChI is InChI=1S/C18H23N3O5S/c1-3-19-17(22)12(2)26-18(23)14-9-6-7-11-21(14)16-13-8-4-5-10-15(13)27(24,25)20-16/h4-5,8,10,12,14H,3,6-7,9,11H2,1-2H3,(H,19,22)/t12-,14+/m0/s1. The smallest absolute Gasteiger partial charge is 0.329 e. The van der Waals surface area contributed by atoms with Crippen molar-refractivity contribution < 1.29 is 22.7 Å². The molecule has 1 aromatic rings. The fraction of sp³-hybridized carbons (Fsp3) is 0.500. The van der Waals surface area contributed by atoms with Crippen molar-refractivity contribution in [1.82, 2.24) is 10.2 Å². The van der Waals surface area contributed by atoms with Crippen molar-refractivity contribution in [3.63, 3.8) is 0 Å². The molecule has 1 N–H and O–H groups in total. The minimum atomic E-state index is -3.77. The number of esters is 1. The van der Waals surface area contributed by atoms with Gasteiger partial charge in [0.1, 0.15) is 10.9 Å². The summed E-state index contributed by atoms with van der Waals surface area (Å²) >= 11 is 0. The third-order valence-corrected chi connectivity index (χ3v) is 6.00. The Morgan fingerprint density at radius 3 is 2.81 bits per heavy atom. The number of hydrogen-bond donors (Lipinski definition) is 1. The number of ether oxygens (including phenoxy) is 1. The number of carbonyl (C=O) groups is 2. The van der Waals surface area contributed by atoms with Crippen LogP contribution in [-0.2, 0) is 24.3 Å². The van der Waals surface area contributed by atoms with Crippen molar-refractivity contribution in [3.8, 4) is 0 Å². The first-order chi connectivity index (χ1) is 12.8. The number of sulfonamides is 1. The van der Waals surface area contributed by atoms with Gasteiger partial charge in [-0.3, -0.25) is 4.79 Å². The topological polar surface area (TPSA) is 105 Å². The van der Waals surface area contributed by atoms with Crippen LogP contribution in [0.15, 0.2) is 33.6 Å². The largest absolute Gasteiger partial charge is 0.451 e. The van der Waals surface area contributed by atoms with Crippen LogP contribution in [0.1, 0.15) is 38.7 Å². The highest BCUT2D eigenvalue weighted by atomic mass is 32.2. The Bertz CT molecular complexity index is 881. The van der Waals surface area contributed by atoms with E-state index in [1.165, 1.54) is 13.0 Å². The summed E-state index contributed by atoms with van der Waals surface area (Å²) in [7, 11) is -3.77. The van der Waals surface area contributed by atoms with Gasteiger partial charge >= 0.3 is 5.97 Å². The average Bonchev–Trinajstić information content (AvgIpc) is 2.93. The van der Waals surface area contributed by atoms with Crippen molar-refractivity contribution in [2.75, 3.05) is 13.1 Å². The maximum absolute atomic E-state index is 12.7. The van der Waals surface area contributed by atoms with E-state index in [0.29, 0.717) is 25.1 Å². The SMILES string of the molecule is CCNC(=O)[C@H](C)OC(=O)[C@H]1CCCCN1C1=NS(=O)(=O)c2ccccc21. The number of piperidine rings is 1. The van der Waals surface area contributed by atoms with E-state index in [1.807, 2.05) is 0 Å². The molecular formula is C18H23N3O5S. The molecule has 0 aliphatic carbocycles. The summed E-state index contributed by atoms with van der Waals surface area (Å²) < 4.78 is 33.9. The Kier molecular flexibility index (Phi) is 5.50. The molecule has 2 aliphatic heterocycles. The normalized spacial score (nSPS) is 21.8. The quantitative estimate of drug-likeness (QED) is 0.767. The van der Waals surface area contributed by atoms with E-state index in [0.717, 1.165) is 12.8 Å². The number of carbonyl (C=O) groups excluding carboxylic acids is 2. The second-order valence-electron chi connectivity index (χ2n) is 6.56. The molecule has 3 rings (SSSR count). The monoisotopic (exact) mass is 393 g/mol. The lowest BCUT2D eigenvalue weighted by atomic mass is 10.0. The van der Waals surface area contributed by atoms with Crippen LogP contribution in [-0.4, -0.2) is 56.3 Å². The number of nitrogens with one attached hydrogen (secondary N) is 1. The molecule has 0 unspecified atom stereocenters. The van der Waals surface area contributed by atoms with E-state index in [4.69, 9.17) is 4.74 Å². The summed E-state index contributed by atoms with van der Waals surface area (Å²) in [6.45, 7) is 4.24. The Balaban J connectivity index is 1.85. The highest BCUT2D eigenvalue weighted by molar-refractivity contribution is 7.90. The summed E-state index contributed by atoms with van der Waals surface area (Å²) in [6, 6.07) is 5.91. The molecule has 2 aliphatic rings. The van der Waals surface area contributed by atoms with Crippen LogP contribution in [0.3, 0.4) is 0 Å². The molecule has 1 amide bonds. The van der Waals surface area contributed by atoms with Gasteiger partial charge in [-0.25, -0.2) is 4.79 Å². The maximum atomic E-state index is 12.7. The number of rotatable bonds is 4. The number of benzene rings is 1. The van der Waals surface area contributed by atoms with Crippen molar-refractivity contribution in [2.24, 2.45) is 4.40 Å². The van der Waals surface area contributed by atoms with E-state index >= 15 is 0 Å². The third-order valence-electron chi connectivity index (χ3n) is 4.67. The minimum Gasteiger partial charge on any atom is -0.451 e. The van der Waals surface area contributed by atoms with Crippen LogP contribution in [0.2, 0.25) is 0 Å². The van der Waals surface area contributed by atoms with Gasteiger partial charge in [-0.2, -0.15) is 8.42 Å². The molecular weight excluding hydrogens is 370 g/mol. The highest BCUT2D eigenvalue weighted by Gasteiger charge is 2.39. The Labute approximate surface area is 158 Å². The molecule has 1 fully saturated rings. The van der Waals surface area contributed by atoms with E-state index in [-0.39, 0.29) is 16.6 Å². The molecule has 1 aromatic carbocycles. The number of hydrogen-bond acceptors (Lipinski definition) is 6. The number of likely N-dealkylation sites (N-methyl/N-ethyl adjacent to an activating group) is 1. The second kappa shape index (κ2) is 7.67. The summed E-state index contributed by atoms with van der Waals surface area (Å²) in [5.74, 6) is -0.629. The molecule has 146 valence electrons. The number of likely N-dealkylation sites (tertiary alicyclic amines) is 1. The third kappa shape index (κ3) is 3.83. The zero-order chi connectivity index (χ0) is 19.6. The number of amidine groups is 1. The number of amides is 1. The fourth-order valence-corrected chi connectivity index (χ4v) is 4.57. The summed E-state index contributed by atoms with van der Waals surface area (Å²) in [6.07, 6.45) is 1.23. The van der Waals surface area contributed by atoms with Crippen molar-refractivity contribution in [1.29, 1.82) is 0 Å². The van der Waals surface area contributed by atoms with Crippen LogP contribution >= 0.6 is 0 Å². The zero-order valence-electron chi connectivity index (χ0n) is 15.3. The van der Waals surface area contributed by atoms with Gasteiger partial charge in [-0.15, -0.1) is 4.40 Å². The number of fused-ring (bicyclic) bond motifs is 1. The van der Waals surface area contributed by atoms with Crippen molar-refractivity contribution >= 4 is 27.7 Å². The zero-order valence-corrected chi connectivity index (χ0v) is 16.2. The first-order valence-corrected chi connectivity index (χ1v) is 10.5. The van der Waals surface area contributed by atoms with Gasteiger partial charge in [0.15, 0.2) is 11.9 Å². The molecule has 0 spiro atoms. The number of nitrogens with zero attached hydrogens (tertiary/aromatic N) is 2. The molecule has 8 nitrogen and oxygen atoms in total. The van der Waals surface area contributed by atoms with E-state index < -0.39 is 28.1 Å². The molecule has 2 atom stereocenters. The van der Waals surface area contributed by atoms with Crippen molar-refractivity contribution in [2.45, 2.75) is 50.2 Å². The Morgan fingerprint density at radius 1 is 1.33 bits per heavy atom. The highest BCUT2D eigenvalue weighted by Crippen LogP contribution is 2.31. The van der Waals surface area contributed by atoms with Crippen LogP contribution < -0.4 is 5.32 Å². The molecule has 9 heteroatoms. The van der Waals surface area contributed by atoms with Crippen LogP contribution in [0.25, 0.3) is 0 Å².